The van der Waals surface area contributed by atoms with Gasteiger partial charge < -0.3 is 24.0 Å². The average Bonchev–Trinajstić information content (AvgIpc) is 3.06. The zero-order valence-corrected chi connectivity index (χ0v) is 23.7. The molecule has 3 aliphatic heterocycles. The first-order chi connectivity index (χ1) is 17.9. The monoisotopic (exact) mass is 551 g/mol. The van der Waals surface area contributed by atoms with Crippen LogP contribution in [0.25, 0.3) is 0 Å². The van der Waals surface area contributed by atoms with Crippen molar-refractivity contribution in [2.24, 2.45) is 0 Å². The normalized spacial score (nSPS) is 30.2. The van der Waals surface area contributed by atoms with E-state index in [1.54, 1.807) is 11.1 Å². The molecule has 1 saturated carbocycles. The Morgan fingerprint density at radius 1 is 0.947 bits per heavy atom. The van der Waals surface area contributed by atoms with Crippen LogP contribution in [0.2, 0.25) is 0 Å². The van der Waals surface area contributed by atoms with Crippen LogP contribution in [0.3, 0.4) is 0 Å². The standard InChI is InChI=1S/C27H41N3O7S/c1-27(2,3)36-26(31)29-11-8-21(9-12-29)34-22-16-23(17-22)35-25-15-20(7-10-28-25)30-18-5-6-19(30)14-24(13-18)37-38(4,32)33/h7,10,15,18-19,21-24H,5-6,8-9,11-14,16-17H2,1-4H3. The van der Waals surface area contributed by atoms with E-state index in [1.807, 2.05) is 32.9 Å². The van der Waals surface area contributed by atoms with Crippen LogP contribution >= 0.6 is 0 Å². The Bertz CT molecular complexity index is 1080. The number of amides is 1. The summed E-state index contributed by atoms with van der Waals surface area (Å²) < 4.78 is 46.4. The minimum Gasteiger partial charge on any atom is -0.474 e. The van der Waals surface area contributed by atoms with Crippen LogP contribution in [0.1, 0.15) is 72.1 Å². The van der Waals surface area contributed by atoms with E-state index in [-0.39, 0.29) is 42.6 Å². The van der Waals surface area contributed by atoms with E-state index >= 15 is 0 Å². The smallest absolute Gasteiger partial charge is 0.410 e. The first-order valence-electron chi connectivity index (χ1n) is 13.8. The summed E-state index contributed by atoms with van der Waals surface area (Å²) in [5, 5.41) is 0. The Morgan fingerprint density at radius 2 is 1.61 bits per heavy atom. The summed E-state index contributed by atoms with van der Waals surface area (Å²) in [4.78, 5) is 20.9. The van der Waals surface area contributed by atoms with Crippen LogP contribution in [0, 0.1) is 0 Å². The molecule has 4 fully saturated rings. The third-order valence-corrected chi connectivity index (χ3v) is 8.46. The molecule has 0 spiro atoms. The van der Waals surface area contributed by atoms with E-state index in [4.69, 9.17) is 18.4 Å². The predicted octanol–water partition coefficient (Wildman–Crippen LogP) is 3.88. The number of carbonyl (C=O) groups is 1. The molecule has 1 aliphatic carbocycles. The van der Waals surface area contributed by atoms with E-state index in [9.17, 15) is 13.2 Å². The summed E-state index contributed by atoms with van der Waals surface area (Å²) >= 11 is 0. The SMILES string of the molecule is CC(C)(C)OC(=O)N1CCC(OC2CC(Oc3cc(N4C5CCC4CC(OS(C)(=O)=O)C5)ccn3)C2)CC1. The second-order valence-electron chi connectivity index (χ2n) is 12.2. The van der Waals surface area contributed by atoms with Gasteiger partial charge >= 0.3 is 6.09 Å². The van der Waals surface area contributed by atoms with Crippen LogP contribution in [0.4, 0.5) is 10.5 Å². The Balaban J connectivity index is 1.06. The molecule has 1 aromatic rings. The number of carbonyl (C=O) groups excluding carboxylic acids is 1. The molecule has 2 unspecified atom stereocenters. The second-order valence-corrected chi connectivity index (χ2v) is 13.8. The van der Waals surface area contributed by atoms with E-state index in [1.165, 1.54) is 0 Å². The van der Waals surface area contributed by atoms with Gasteiger partial charge in [0.05, 0.1) is 24.6 Å². The number of likely N-dealkylation sites (tertiary alicyclic amines) is 1. The molecular formula is C27H41N3O7S. The Hall–Kier alpha value is -2.11. The number of fused-ring (bicyclic) bond motifs is 2. The third-order valence-electron chi connectivity index (χ3n) is 7.83. The zero-order chi connectivity index (χ0) is 27.1. The molecular weight excluding hydrogens is 510 g/mol. The first-order valence-corrected chi connectivity index (χ1v) is 15.7. The Labute approximate surface area is 226 Å². The van der Waals surface area contributed by atoms with E-state index in [0.29, 0.717) is 31.8 Å². The average molecular weight is 552 g/mol. The molecule has 10 nitrogen and oxygen atoms in total. The first kappa shape index (κ1) is 27.5. The van der Waals surface area contributed by atoms with E-state index in [0.717, 1.165) is 50.5 Å². The summed E-state index contributed by atoms with van der Waals surface area (Å²) in [6.45, 7) is 6.96. The summed E-state index contributed by atoms with van der Waals surface area (Å²) in [6, 6.07) is 4.54. The van der Waals surface area contributed by atoms with Gasteiger partial charge in [0.25, 0.3) is 10.1 Å². The van der Waals surface area contributed by atoms with Crippen LogP contribution in [0.5, 0.6) is 5.88 Å². The van der Waals surface area contributed by atoms with Crippen molar-refractivity contribution in [1.29, 1.82) is 0 Å². The largest absolute Gasteiger partial charge is 0.474 e. The lowest BCUT2D eigenvalue weighted by atomic mass is 9.91. The van der Waals surface area contributed by atoms with Crippen molar-refractivity contribution in [3.05, 3.63) is 18.3 Å². The minimum atomic E-state index is -3.45. The molecule has 2 atom stereocenters. The molecule has 38 heavy (non-hydrogen) atoms. The molecule has 0 aromatic carbocycles. The number of pyridine rings is 1. The van der Waals surface area contributed by atoms with Gasteiger partial charge in [-0.05, 0) is 65.4 Å². The Morgan fingerprint density at radius 3 is 2.21 bits per heavy atom. The highest BCUT2D eigenvalue weighted by Crippen LogP contribution is 2.41. The number of hydrogen-bond acceptors (Lipinski definition) is 9. The van der Waals surface area contributed by atoms with Crippen molar-refractivity contribution >= 4 is 21.9 Å². The molecule has 212 valence electrons. The molecule has 2 bridgehead atoms. The van der Waals surface area contributed by atoms with Gasteiger partial charge in [0.2, 0.25) is 5.88 Å². The fourth-order valence-corrected chi connectivity index (χ4v) is 6.82. The van der Waals surface area contributed by atoms with Gasteiger partial charge in [-0.2, -0.15) is 8.42 Å². The maximum atomic E-state index is 12.3. The van der Waals surface area contributed by atoms with Crippen molar-refractivity contribution in [1.82, 2.24) is 9.88 Å². The molecule has 4 heterocycles. The van der Waals surface area contributed by atoms with E-state index in [2.05, 4.69) is 9.88 Å². The fourth-order valence-electron chi connectivity index (χ4n) is 6.17. The van der Waals surface area contributed by atoms with E-state index < -0.39 is 15.7 Å². The maximum Gasteiger partial charge on any atom is 0.410 e. The number of rotatable bonds is 7. The number of hydrogen-bond donors (Lipinski definition) is 0. The van der Waals surface area contributed by atoms with Gasteiger partial charge in [-0.3, -0.25) is 4.18 Å². The zero-order valence-electron chi connectivity index (χ0n) is 22.9. The van der Waals surface area contributed by atoms with Crippen LogP contribution in [-0.4, -0.2) is 85.8 Å². The lowest BCUT2D eigenvalue weighted by Gasteiger charge is -2.41. The molecule has 3 saturated heterocycles. The van der Waals surface area contributed by atoms with Crippen LogP contribution in [0.15, 0.2) is 18.3 Å². The third kappa shape index (κ3) is 6.90. The van der Waals surface area contributed by atoms with Crippen molar-refractivity contribution in [2.75, 3.05) is 24.2 Å². The molecule has 11 heteroatoms. The topological polar surface area (TPSA) is 107 Å². The summed E-state index contributed by atoms with van der Waals surface area (Å²) in [5.74, 6) is 0.616. The van der Waals surface area contributed by atoms with Crippen LogP contribution < -0.4 is 9.64 Å². The van der Waals surface area contributed by atoms with Crippen molar-refractivity contribution in [3.63, 3.8) is 0 Å². The summed E-state index contributed by atoms with van der Waals surface area (Å²) in [5.41, 5.74) is 0.592. The minimum absolute atomic E-state index is 0.0789. The highest BCUT2D eigenvalue weighted by atomic mass is 32.2. The number of anilines is 1. The predicted molar refractivity (Wildman–Crippen MR) is 142 cm³/mol. The molecule has 1 aromatic heterocycles. The second kappa shape index (κ2) is 10.8. The fraction of sp³-hybridized carbons (Fsp3) is 0.778. The van der Waals surface area contributed by atoms with Gasteiger partial charge in [-0.25, -0.2) is 9.78 Å². The lowest BCUT2D eigenvalue weighted by molar-refractivity contribution is -0.110. The molecule has 0 N–H and O–H groups in total. The van der Waals surface area contributed by atoms with Crippen molar-refractivity contribution in [3.8, 4) is 5.88 Å². The molecule has 1 amide bonds. The number of piperidine rings is 2. The number of ether oxygens (including phenoxy) is 3. The van der Waals surface area contributed by atoms with Gasteiger partial charge in [0.15, 0.2) is 0 Å². The highest BCUT2D eigenvalue weighted by Gasteiger charge is 2.42. The molecule has 4 aliphatic rings. The number of aromatic nitrogens is 1. The maximum absolute atomic E-state index is 12.3. The van der Waals surface area contributed by atoms with Crippen molar-refractivity contribution in [2.45, 2.75) is 114 Å². The quantitative estimate of drug-likeness (QED) is 0.467. The van der Waals surface area contributed by atoms with Gasteiger partial charge in [-0.15, -0.1) is 0 Å². The molecule has 5 rings (SSSR count). The highest BCUT2D eigenvalue weighted by molar-refractivity contribution is 7.86. The Kier molecular flexibility index (Phi) is 7.81. The van der Waals surface area contributed by atoms with Gasteiger partial charge in [0.1, 0.15) is 11.7 Å². The van der Waals surface area contributed by atoms with Crippen LogP contribution in [-0.2, 0) is 23.8 Å². The number of nitrogens with zero attached hydrogens (tertiary/aromatic N) is 3. The van der Waals surface area contributed by atoms with Crippen molar-refractivity contribution < 1.29 is 31.6 Å². The van der Waals surface area contributed by atoms with Gasteiger partial charge in [0, 0.05) is 56.0 Å². The molecule has 0 radical (unpaired) electrons. The summed E-state index contributed by atoms with van der Waals surface area (Å²) in [6.07, 6.45) is 9.61. The lowest BCUT2D eigenvalue weighted by Crippen LogP contribution is -2.47. The summed E-state index contributed by atoms with van der Waals surface area (Å²) in [7, 11) is -3.45. The van der Waals surface area contributed by atoms with Gasteiger partial charge in [-0.1, -0.05) is 0 Å².